The number of nitrogens with one attached hydrogen (secondary N) is 1. The van der Waals surface area contributed by atoms with Crippen molar-refractivity contribution in [2.75, 3.05) is 19.8 Å². The Labute approximate surface area is 117 Å². The van der Waals surface area contributed by atoms with Crippen LogP contribution in [0.3, 0.4) is 0 Å². The van der Waals surface area contributed by atoms with E-state index in [1.54, 1.807) is 0 Å². The standard InChI is InChI=1S/C15H30N2O2/c1-11(17-8-13(3)19-9-12(17)2)7-15(4,10-18)16-14-5-6-14/h11-14,16,18H,5-10H2,1-4H3. The first-order chi connectivity index (χ1) is 8.93. The summed E-state index contributed by atoms with van der Waals surface area (Å²) in [5.41, 5.74) is -0.151. The SMILES string of the molecule is CC1CN(C(C)CC(C)(CO)NC2CC2)C(C)CO1. The van der Waals surface area contributed by atoms with Gasteiger partial charge >= 0.3 is 0 Å². The number of aliphatic hydroxyl groups excluding tert-OH is 1. The van der Waals surface area contributed by atoms with Gasteiger partial charge < -0.3 is 15.2 Å². The molecule has 0 amide bonds. The molecule has 1 heterocycles. The minimum absolute atomic E-state index is 0.151. The molecule has 2 aliphatic rings. The zero-order valence-electron chi connectivity index (χ0n) is 12.9. The van der Waals surface area contributed by atoms with E-state index in [-0.39, 0.29) is 12.1 Å². The second-order valence-electron chi connectivity index (χ2n) is 6.88. The summed E-state index contributed by atoms with van der Waals surface area (Å²) in [6, 6.07) is 1.56. The van der Waals surface area contributed by atoms with Crippen LogP contribution in [0.25, 0.3) is 0 Å². The highest BCUT2D eigenvalue weighted by molar-refractivity contribution is 4.95. The average Bonchev–Trinajstić information content (AvgIpc) is 3.15. The van der Waals surface area contributed by atoms with E-state index in [1.165, 1.54) is 12.8 Å². The number of nitrogens with zero attached hydrogens (tertiary/aromatic N) is 1. The van der Waals surface area contributed by atoms with Crippen molar-refractivity contribution in [2.45, 2.75) is 76.7 Å². The number of rotatable bonds is 6. The lowest BCUT2D eigenvalue weighted by Crippen LogP contribution is -2.56. The highest BCUT2D eigenvalue weighted by atomic mass is 16.5. The van der Waals surface area contributed by atoms with E-state index in [4.69, 9.17) is 4.74 Å². The number of hydrogen-bond acceptors (Lipinski definition) is 4. The van der Waals surface area contributed by atoms with Crippen LogP contribution in [0.1, 0.15) is 47.0 Å². The Morgan fingerprint density at radius 3 is 2.68 bits per heavy atom. The molecule has 112 valence electrons. The van der Waals surface area contributed by atoms with Gasteiger partial charge in [-0.25, -0.2) is 0 Å². The molecule has 1 saturated carbocycles. The molecule has 1 aliphatic heterocycles. The highest BCUT2D eigenvalue weighted by Crippen LogP contribution is 2.27. The summed E-state index contributed by atoms with van der Waals surface area (Å²) in [6.45, 7) is 10.8. The maximum absolute atomic E-state index is 9.72. The van der Waals surface area contributed by atoms with Crippen molar-refractivity contribution in [2.24, 2.45) is 0 Å². The molecule has 0 aromatic carbocycles. The zero-order chi connectivity index (χ0) is 14.0. The Kier molecular flexibility index (Phi) is 4.88. The van der Waals surface area contributed by atoms with Crippen molar-refractivity contribution in [3.05, 3.63) is 0 Å². The number of aliphatic hydroxyl groups is 1. The average molecular weight is 270 g/mol. The molecule has 4 unspecified atom stereocenters. The fraction of sp³-hybridized carbons (Fsp3) is 1.00. The van der Waals surface area contributed by atoms with E-state index in [2.05, 4.69) is 37.9 Å². The Balaban J connectivity index is 1.91. The van der Waals surface area contributed by atoms with Crippen LogP contribution in [0, 0.1) is 0 Å². The van der Waals surface area contributed by atoms with Crippen molar-refractivity contribution < 1.29 is 9.84 Å². The van der Waals surface area contributed by atoms with Crippen molar-refractivity contribution in [3.63, 3.8) is 0 Å². The molecule has 2 rings (SSSR count). The fourth-order valence-corrected chi connectivity index (χ4v) is 3.20. The van der Waals surface area contributed by atoms with Gasteiger partial charge in [-0.2, -0.15) is 0 Å². The highest BCUT2D eigenvalue weighted by Gasteiger charge is 2.36. The summed E-state index contributed by atoms with van der Waals surface area (Å²) in [5.74, 6) is 0. The van der Waals surface area contributed by atoms with E-state index in [9.17, 15) is 5.11 Å². The van der Waals surface area contributed by atoms with Gasteiger partial charge in [0.1, 0.15) is 0 Å². The third kappa shape index (κ3) is 4.15. The van der Waals surface area contributed by atoms with Crippen molar-refractivity contribution in [1.29, 1.82) is 0 Å². The predicted octanol–water partition coefficient (Wildman–Crippen LogP) is 1.38. The van der Waals surface area contributed by atoms with Gasteiger partial charge in [-0.1, -0.05) is 0 Å². The predicted molar refractivity (Wildman–Crippen MR) is 77.3 cm³/mol. The summed E-state index contributed by atoms with van der Waals surface area (Å²) in [5, 5.41) is 13.3. The molecule has 2 N–H and O–H groups in total. The minimum atomic E-state index is -0.151. The van der Waals surface area contributed by atoms with Gasteiger partial charge in [0.15, 0.2) is 0 Å². The zero-order valence-corrected chi connectivity index (χ0v) is 12.9. The summed E-state index contributed by atoms with van der Waals surface area (Å²) >= 11 is 0. The number of ether oxygens (including phenoxy) is 1. The first-order valence-corrected chi connectivity index (χ1v) is 7.69. The van der Waals surface area contributed by atoms with E-state index < -0.39 is 0 Å². The molecule has 2 fully saturated rings. The van der Waals surface area contributed by atoms with Crippen LogP contribution in [0.4, 0.5) is 0 Å². The molecule has 0 aromatic rings. The molecule has 4 heteroatoms. The first kappa shape index (κ1) is 15.2. The molecule has 0 aromatic heterocycles. The lowest BCUT2D eigenvalue weighted by atomic mass is 9.92. The van der Waals surface area contributed by atoms with Crippen molar-refractivity contribution >= 4 is 0 Å². The molecular weight excluding hydrogens is 240 g/mol. The fourth-order valence-electron chi connectivity index (χ4n) is 3.20. The van der Waals surface area contributed by atoms with Crippen molar-refractivity contribution in [1.82, 2.24) is 10.2 Å². The lowest BCUT2D eigenvalue weighted by Gasteiger charge is -2.43. The number of morpholine rings is 1. The third-order valence-corrected chi connectivity index (χ3v) is 4.45. The lowest BCUT2D eigenvalue weighted by molar-refractivity contribution is -0.0687. The van der Waals surface area contributed by atoms with Crippen molar-refractivity contribution in [3.8, 4) is 0 Å². The normalized spacial score (nSPS) is 33.9. The van der Waals surface area contributed by atoms with Gasteiger partial charge in [0, 0.05) is 30.2 Å². The molecule has 0 bridgehead atoms. The quantitative estimate of drug-likeness (QED) is 0.765. The van der Waals surface area contributed by atoms with Crippen LogP contribution in [0.15, 0.2) is 0 Å². The summed E-state index contributed by atoms with van der Waals surface area (Å²) < 4.78 is 5.69. The molecule has 1 aliphatic carbocycles. The maximum atomic E-state index is 9.72. The van der Waals surface area contributed by atoms with Gasteiger partial charge in [0.05, 0.1) is 19.3 Å². The maximum Gasteiger partial charge on any atom is 0.0674 e. The second kappa shape index (κ2) is 6.08. The Hall–Kier alpha value is -0.160. The number of hydrogen-bond donors (Lipinski definition) is 2. The summed E-state index contributed by atoms with van der Waals surface area (Å²) in [7, 11) is 0. The summed E-state index contributed by atoms with van der Waals surface area (Å²) in [6.07, 6.45) is 3.82. The van der Waals surface area contributed by atoms with E-state index in [1.807, 2.05) is 0 Å². The Morgan fingerprint density at radius 1 is 1.42 bits per heavy atom. The van der Waals surface area contributed by atoms with Crippen LogP contribution < -0.4 is 5.32 Å². The Bertz CT molecular complexity index is 296. The molecule has 0 radical (unpaired) electrons. The molecule has 1 saturated heterocycles. The van der Waals surface area contributed by atoms with Gasteiger partial charge in [-0.3, -0.25) is 4.90 Å². The molecule has 19 heavy (non-hydrogen) atoms. The largest absolute Gasteiger partial charge is 0.394 e. The van der Waals surface area contributed by atoms with Gasteiger partial charge in [0.25, 0.3) is 0 Å². The molecule has 0 spiro atoms. The van der Waals surface area contributed by atoms with Gasteiger partial charge in [0.2, 0.25) is 0 Å². The van der Waals surface area contributed by atoms with Crippen LogP contribution in [-0.2, 0) is 4.74 Å². The van der Waals surface area contributed by atoms with E-state index >= 15 is 0 Å². The van der Waals surface area contributed by atoms with Crippen LogP contribution in [0.5, 0.6) is 0 Å². The summed E-state index contributed by atoms with van der Waals surface area (Å²) in [4.78, 5) is 2.52. The van der Waals surface area contributed by atoms with E-state index in [0.717, 1.165) is 19.6 Å². The minimum Gasteiger partial charge on any atom is -0.394 e. The second-order valence-corrected chi connectivity index (χ2v) is 6.88. The smallest absolute Gasteiger partial charge is 0.0674 e. The monoisotopic (exact) mass is 270 g/mol. The molecule has 4 atom stereocenters. The van der Waals surface area contributed by atoms with Crippen LogP contribution in [-0.4, -0.2) is 59.5 Å². The molecular formula is C15H30N2O2. The molecule has 4 nitrogen and oxygen atoms in total. The first-order valence-electron chi connectivity index (χ1n) is 7.69. The topological polar surface area (TPSA) is 44.7 Å². The van der Waals surface area contributed by atoms with Crippen LogP contribution >= 0.6 is 0 Å². The van der Waals surface area contributed by atoms with Gasteiger partial charge in [-0.15, -0.1) is 0 Å². The third-order valence-electron chi connectivity index (χ3n) is 4.45. The Morgan fingerprint density at radius 2 is 2.11 bits per heavy atom. The van der Waals surface area contributed by atoms with E-state index in [0.29, 0.717) is 24.2 Å². The van der Waals surface area contributed by atoms with Crippen LogP contribution in [0.2, 0.25) is 0 Å². The van der Waals surface area contributed by atoms with Gasteiger partial charge in [-0.05, 0) is 47.0 Å².